The first-order chi connectivity index (χ1) is 17.9. The van der Waals surface area contributed by atoms with Gasteiger partial charge in [-0.3, -0.25) is 14.2 Å². The summed E-state index contributed by atoms with van der Waals surface area (Å²) in [5.41, 5.74) is 6.61. The van der Waals surface area contributed by atoms with E-state index in [1.807, 2.05) is 65.3 Å². The summed E-state index contributed by atoms with van der Waals surface area (Å²) in [5, 5.41) is 5.83. The zero-order chi connectivity index (χ0) is 26.1. The van der Waals surface area contributed by atoms with Gasteiger partial charge in [0.2, 0.25) is 5.91 Å². The third-order valence-electron chi connectivity index (χ3n) is 7.53. The number of hydrogen-bond acceptors (Lipinski definition) is 4. The minimum atomic E-state index is -0.0250. The molecule has 5 rings (SSSR count). The van der Waals surface area contributed by atoms with Crippen LogP contribution in [-0.4, -0.2) is 51.3 Å². The Labute approximate surface area is 217 Å². The van der Waals surface area contributed by atoms with Gasteiger partial charge in [0.05, 0.1) is 11.4 Å². The number of fused-ring (bicyclic) bond motifs is 1. The van der Waals surface area contributed by atoms with Gasteiger partial charge >= 0.3 is 0 Å². The molecule has 1 amide bonds. The lowest BCUT2D eigenvalue weighted by molar-refractivity contribution is -0.131. The maximum atomic E-state index is 13.7. The molecular weight excluding hydrogens is 462 g/mol. The van der Waals surface area contributed by atoms with Gasteiger partial charge in [0.25, 0.3) is 5.56 Å². The van der Waals surface area contributed by atoms with E-state index < -0.39 is 0 Å². The third-order valence-corrected chi connectivity index (χ3v) is 7.53. The Morgan fingerprint density at radius 1 is 0.919 bits per heavy atom. The standard InChI is InChI=1S/C30H35N5O2/c1-5-34-29-28(23(4)31-35(29)25-13-9-10-21(2)20-25)22(3)26(30(34)37)14-15-27(36)33-18-16-32(17-19-33)24-11-7-6-8-12-24/h6-13,20H,5,14-19H2,1-4H3. The van der Waals surface area contributed by atoms with E-state index in [0.717, 1.165) is 52.2 Å². The van der Waals surface area contributed by atoms with Crippen LogP contribution in [0.2, 0.25) is 0 Å². The van der Waals surface area contributed by atoms with Gasteiger partial charge in [-0.05, 0) is 69.5 Å². The number of benzene rings is 2. The number of pyridine rings is 1. The van der Waals surface area contributed by atoms with Crippen molar-refractivity contribution in [1.82, 2.24) is 19.2 Å². The predicted octanol–water partition coefficient (Wildman–Crippen LogP) is 4.41. The SMILES string of the molecule is CCn1c(=O)c(CCC(=O)N2CCN(c3ccccc3)CC2)c(C)c2c(C)nn(-c3cccc(C)c3)c21. The summed E-state index contributed by atoms with van der Waals surface area (Å²) in [7, 11) is 0. The second kappa shape index (κ2) is 10.2. The molecule has 37 heavy (non-hydrogen) atoms. The van der Waals surface area contributed by atoms with Crippen LogP contribution in [0.25, 0.3) is 16.7 Å². The number of carbonyl (C=O) groups excluding carboxylic acids is 1. The molecule has 3 heterocycles. The summed E-state index contributed by atoms with van der Waals surface area (Å²) in [6.07, 6.45) is 0.773. The number of aromatic nitrogens is 3. The maximum Gasteiger partial charge on any atom is 0.255 e. The molecule has 0 saturated carbocycles. The van der Waals surface area contributed by atoms with Gasteiger partial charge in [-0.1, -0.05) is 30.3 Å². The van der Waals surface area contributed by atoms with E-state index in [0.29, 0.717) is 32.5 Å². The number of anilines is 1. The largest absolute Gasteiger partial charge is 0.368 e. The van der Waals surface area contributed by atoms with E-state index in [1.54, 1.807) is 0 Å². The molecule has 7 heteroatoms. The van der Waals surface area contributed by atoms with E-state index in [2.05, 4.69) is 36.1 Å². The van der Waals surface area contributed by atoms with Crippen molar-refractivity contribution in [2.75, 3.05) is 31.1 Å². The monoisotopic (exact) mass is 497 g/mol. The highest BCUT2D eigenvalue weighted by Crippen LogP contribution is 2.27. The van der Waals surface area contributed by atoms with Crippen molar-refractivity contribution in [3.63, 3.8) is 0 Å². The predicted molar refractivity (Wildman–Crippen MR) is 149 cm³/mol. The van der Waals surface area contributed by atoms with E-state index in [4.69, 9.17) is 5.10 Å². The first-order valence-corrected chi connectivity index (χ1v) is 13.2. The molecule has 0 aliphatic carbocycles. The Hall–Kier alpha value is -3.87. The molecule has 2 aromatic heterocycles. The molecule has 7 nitrogen and oxygen atoms in total. The van der Waals surface area contributed by atoms with Crippen LogP contribution in [-0.2, 0) is 17.8 Å². The lowest BCUT2D eigenvalue weighted by Crippen LogP contribution is -2.48. The number of amides is 1. The summed E-state index contributed by atoms with van der Waals surface area (Å²) >= 11 is 0. The Balaban J connectivity index is 1.38. The summed E-state index contributed by atoms with van der Waals surface area (Å²) in [6, 6.07) is 18.5. The number of piperazine rings is 1. The minimum Gasteiger partial charge on any atom is -0.368 e. The van der Waals surface area contributed by atoms with Crippen molar-refractivity contribution in [2.24, 2.45) is 0 Å². The smallest absolute Gasteiger partial charge is 0.255 e. The van der Waals surface area contributed by atoms with Crippen molar-refractivity contribution < 1.29 is 4.79 Å². The fraction of sp³-hybridized carbons (Fsp3) is 0.367. The van der Waals surface area contributed by atoms with E-state index in [1.165, 1.54) is 5.69 Å². The fourth-order valence-corrected chi connectivity index (χ4v) is 5.54. The molecule has 0 atom stereocenters. The van der Waals surface area contributed by atoms with Crippen LogP contribution in [0.1, 0.15) is 35.7 Å². The summed E-state index contributed by atoms with van der Waals surface area (Å²) in [6.45, 7) is 11.6. The number of hydrogen-bond donors (Lipinski definition) is 0. The molecule has 0 radical (unpaired) electrons. The molecular formula is C30H35N5O2. The molecule has 2 aromatic carbocycles. The van der Waals surface area contributed by atoms with E-state index in [9.17, 15) is 9.59 Å². The molecule has 4 aromatic rings. The van der Waals surface area contributed by atoms with Gasteiger partial charge in [-0.2, -0.15) is 5.10 Å². The molecule has 192 valence electrons. The van der Waals surface area contributed by atoms with Crippen molar-refractivity contribution >= 4 is 22.6 Å². The highest BCUT2D eigenvalue weighted by molar-refractivity contribution is 5.85. The minimum absolute atomic E-state index is 0.0250. The van der Waals surface area contributed by atoms with Crippen LogP contribution in [0, 0.1) is 20.8 Å². The van der Waals surface area contributed by atoms with Crippen LogP contribution in [0.15, 0.2) is 59.4 Å². The second-order valence-electron chi connectivity index (χ2n) is 9.89. The quantitative estimate of drug-likeness (QED) is 0.396. The highest BCUT2D eigenvalue weighted by Gasteiger charge is 2.24. The Kier molecular flexibility index (Phi) is 6.87. The molecule has 0 spiro atoms. The molecule has 1 aliphatic rings. The van der Waals surface area contributed by atoms with Gasteiger partial charge in [0.1, 0.15) is 5.65 Å². The van der Waals surface area contributed by atoms with Gasteiger partial charge in [0, 0.05) is 55.8 Å². The molecule has 1 aliphatic heterocycles. The zero-order valence-corrected chi connectivity index (χ0v) is 22.2. The van der Waals surface area contributed by atoms with Crippen LogP contribution >= 0.6 is 0 Å². The van der Waals surface area contributed by atoms with Crippen molar-refractivity contribution in [2.45, 2.75) is 47.1 Å². The van der Waals surface area contributed by atoms with Crippen LogP contribution < -0.4 is 10.5 Å². The maximum absolute atomic E-state index is 13.7. The second-order valence-corrected chi connectivity index (χ2v) is 9.89. The number of carbonyl (C=O) groups is 1. The van der Waals surface area contributed by atoms with Crippen LogP contribution in [0.4, 0.5) is 5.69 Å². The molecule has 1 fully saturated rings. The number of nitrogens with zero attached hydrogens (tertiary/aromatic N) is 5. The van der Waals surface area contributed by atoms with Crippen molar-refractivity contribution in [1.29, 1.82) is 0 Å². The molecule has 1 saturated heterocycles. The lowest BCUT2D eigenvalue weighted by Gasteiger charge is -2.36. The van der Waals surface area contributed by atoms with E-state index >= 15 is 0 Å². The first kappa shape index (κ1) is 24.8. The van der Waals surface area contributed by atoms with Crippen molar-refractivity contribution in [3.05, 3.63) is 87.3 Å². The average Bonchev–Trinajstić information content (AvgIpc) is 3.26. The lowest BCUT2D eigenvalue weighted by atomic mass is 10.0. The highest BCUT2D eigenvalue weighted by atomic mass is 16.2. The fourth-order valence-electron chi connectivity index (χ4n) is 5.54. The van der Waals surface area contributed by atoms with Gasteiger partial charge in [0.15, 0.2) is 0 Å². The Morgan fingerprint density at radius 3 is 2.30 bits per heavy atom. The van der Waals surface area contributed by atoms with Gasteiger partial charge in [-0.25, -0.2) is 4.68 Å². The summed E-state index contributed by atoms with van der Waals surface area (Å²) < 4.78 is 3.69. The molecule has 0 unspecified atom stereocenters. The zero-order valence-electron chi connectivity index (χ0n) is 22.2. The van der Waals surface area contributed by atoms with Crippen molar-refractivity contribution in [3.8, 4) is 5.69 Å². The van der Waals surface area contributed by atoms with E-state index in [-0.39, 0.29) is 11.5 Å². The van der Waals surface area contributed by atoms with Crippen LogP contribution in [0.5, 0.6) is 0 Å². The van der Waals surface area contributed by atoms with Gasteiger partial charge in [-0.15, -0.1) is 0 Å². The topological polar surface area (TPSA) is 63.4 Å². The van der Waals surface area contributed by atoms with Gasteiger partial charge < -0.3 is 9.80 Å². The summed E-state index contributed by atoms with van der Waals surface area (Å²) in [5.74, 6) is 0.113. The Morgan fingerprint density at radius 2 is 1.62 bits per heavy atom. The normalized spacial score (nSPS) is 13.9. The summed E-state index contributed by atoms with van der Waals surface area (Å²) in [4.78, 5) is 31.1. The molecule has 0 bridgehead atoms. The number of rotatable bonds is 6. The Bertz CT molecular complexity index is 1490. The number of para-hydroxylation sites is 1. The third kappa shape index (κ3) is 4.66. The number of aryl methyl sites for hydroxylation is 4. The van der Waals surface area contributed by atoms with Crippen LogP contribution in [0.3, 0.4) is 0 Å². The average molecular weight is 498 g/mol. The molecule has 0 N–H and O–H groups in total. The first-order valence-electron chi connectivity index (χ1n) is 13.2.